The smallest absolute Gasteiger partial charge is 0.248 e. The van der Waals surface area contributed by atoms with Crippen LogP contribution >= 0.6 is 0 Å². The molecular formula is C23H20N2O4. The summed E-state index contributed by atoms with van der Waals surface area (Å²) in [7, 11) is 0. The normalized spacial score (nSPS) is 13.9. The number of pyridine rings is 1. The van der Waals surface area contributed by atoms with Crippen molar-refractivity contribution in [3.8, 4) is 11.5 Å². The molecule has 1 atom stereocenters. The second-order valence-electron chi connectivity index (χ2n) is 6.89. The molecule has 0 radical (unpaired) electrons. The minimum absolute atomic E-state index is 0.0707. The van der Waals surface area contributed by atoms with Gasteiger partial charge in [0.15, 0.2) is 5.78 Å². The zero-order chi connectivity index (χ0) is 20.4. The highest BCUT2D eigenvalue weighted by atomic mass is 16.5. The van der Waals surface area contributed by atoms with Crippen LogP contribution in [0.3, 0.4) is 0 Å². The van der Waals surface area contributed by atoms with E-state index in [0.717, 1.165) is 16.7 Å². The van der Waals surface area contributed by atoms with Gasteiger partial charge in [0, 0.05) is 30.4 Å². The largest absolute Gasteiger partial charge is 0.492 e. The van der Waals surface area contributed by atoms with Crippen LogP contribution < -0.4 is 15.2 Å². The summed E-state index contributed by atoms with van der Waals surface area (Å²) in [6, 6.07) is 14.3. The first kappa shape index (κ1) is 18.7. The summed E-state index contributed by atoms with van der Waals surface area (Å²) in [6.45, 7) is 2.28. The van der Waals surface area contributed by atoms with Crippen LogP contribution in [0, 0.1) is 6.92 Å². The van der Waals surface area contributed by atoms with Gasteiger partial charge >= 0.3 is 0 Å². The number of nitrogens with zero attached hydrogens (tertiary/aromatic N) is 1. The minimum atomic E-state index is -0.475. The highest BCUT2D eigenvalue weighted by Gasteiger charge is 2.22. The Hall–Kier alpha value is -3.67. The van der Waals surface area contributed by atoms with Gasteiger partial charge < -0.3 is 15.2 Å². The molecule has 1 unspecified atom stereocenters. The molecule has 4 rings (SSSR count). The topological polar surface area (TPSA) is 91.5 Å². The van der Waals surface area contributed by atoms with Crippen LogP contribution in [0.1, 0.15) is 49.9 Å². The van der Waals surface area contributed by atoms with Crippen molar-refractivity contribution in [1.82, 2.24) is 4.98 Å². The molecule has 3 aromatic rings. The number of fused-ring (bicyclic) bond motifs is 1. The van der Waals surface area contributed by atoms with Gasteiger partial charge in [-0.25, -0.2) is 0 Å². The van der Waals surface area contributed by atoms with E-state index in [-0.39, 0.29) is 5.78 Å². The van der Waals surface area contributed by atoms with Gasteiger partial charge in [-0.05, 0) is 60.0 Å². The summed E-state index contributed by atoms with van der Waals surface area (Å²) in [5, 5.41) is 0. The molecule has 2 heterocycles. The van der Waals surface area contributed by atoms with Crippen molar-refractivity contribution in [2.75, 3.05) is 6.61 Å². The first-order valence-corrected chi connectivity index (χ1v) is 9.30. The van der Waals surface area contributed by atoms with Crippen molar-refractivity contribution < 1.29 is 19.1 Å². The van der Waals surface area contributed by atoms with E-state index in [1.54, 1.807) is 42.7 Å². The van der Waals surface area contributed by atoms with Gasteiger partial charge in [-0.1, -0.05) is 6.07 Å². The van der Waals surface area contributed by atoms with Crippen LogP contribution in [0.5, 0.6) is 11.5 Å². The number of carbonyl (C=O) groups excluding carboxylic acids is 2. The molecule has 2 aromatic carbocycles. The molecule has 0 aliphatic carbocycles. The summed E-state index contributed by atoms with van der Waals surface area (Å²) in [5.41, 5.74) is 9.11. The van der Waals surface area contributed by atoms with Crippen molar-refractivity contribution in [3.05, 3.63) is 88.7 Å². The summed E-state index contributed by atoms with van der Waals surface area (Å²) < 4.78 is 12.0. The second kappa shape index (κ2) is 7.75. The van der Waals surface area contributed by atoms with Gasteiger partial charge in [-0.3, -0.25) is 14.6 Å². The zero-order valence-corrected chi connectivity index (χ0v) is 15.9. The van der Waals surface area contributed by atoms with Crippen molar-refractivity contribution in [1.29, 1.82) is 0 Å². The van der Waals surface area contributed by atoms with E-state index in [1.807, 2.05) is 25.1 Å². The number of ether oxygens (including phenoxy) is 2. The van der Waals surface area contributed by atoms with Crippen LogP contribution in [0.25, 0.3) is 0 Å². The maximum absolute atomic E-state index is 12.0. The SMILES string of the molecule is Cc1cc(C(N)=O)ccc1C(Oc1ccc2c(c1)OCCC2=O)c1ccncc1. The quantitative estimate of drug-likeness (QED) is 0.721. The molecule has 1 aliphatic rings. The minimum Gasteiger partial charge on any atom is -0.492 e. The third-order valence-electron chi connectivity index (χ3n) is 4.94. The maximum atomic E-state index is 12.0. The Morgan fingerprint density at radius 2 is 1.93 bits per heavy atom. The summed E-state index contributed by atoms with van der Waals surface area (Å²) in [5.74, 6) is 0.713. The molecule has 2 N–H and O–H groups in total. The summed E-state index contributed by atoms with van der Waals surface area (Å²) in [4.78, 5) is 27.6. The summed E-state index contributed by atoms with van der Waals surface area (Å²) >= 11 is 0. The summed E-state index contributed by atoms with van der Waals surface area (Å²) in [6.07, 6.45) is 3.36. The van der Waals surface area contributed by atoms with Gasteiger partial charge in [0.1, 0.15) is 17.6 Å². The van der Waals surface area contributed by atoms with E-state index in [1.165, 1.54) is 0 Å². The number of benzene rings is 2. The third kappa shape index (κ3) is 3.82. The first-order chi connectivity index (χ1) is 14.0. The first-order valence-electron chi connectivity index (χ1n) is 9.30. The van der Waals surface area contributed by atoms with Crippen molar-refractivity contribution in [2.24, 2.45) is 5.73 Å². The fourth-order valence-corrected chi connectivity index (χ4v) is 3.42. The molecule has 0 saturated heterocycles. The molecule has 6 nitrogen and oxygen atoms in total. The number of carbonyl (C=O) groups is 2. The maximum Gasteiger partial charge on any atom is 0.248 e. The highest BCUT2D eigenvalue weighted by Crippen LogP contribution is 2.34. The second-order valence-corrected chi connectivity index (χ2v) is 6.89. The number of amides is 1. The Morgan fingerprint density at radius 1 is 1.14 bits per heavy atom. The van der Waals surface area contributed by atoms with Gasteiger partial charge in [0.25, 0.3) is 0 Å². The van der Waals surface area contributed by atoms with Gasteiger partial charge in [-0.2, -0.15) is 0 Å². The molecule has 6 heteroatoms. The fraction of sp³-hybridized carbons (Fsp3) is 0.174. The number of aryl methyl sites for hydroxylation is 1. The molecule has 0 bridgehead atoms. The van der Waals surface area contributed by atoms with Crippen LogP contribution in [-0.4, -0.2) is 23.3 Å². The number of nitrogens with two attached hydrogens (primary N) is 1. The number of Topliss-reactive ketones (excluding diaryl/α,β-unsaturated/α-hetero) is 1. The lowest BCUT2D eigenvalue weighted by atomic mass is 9.96. The van der Waals surface area contributed by atoms with Gasteiger partial charge in [-0.15, -0.1) is 0 Å². The Kier molecular flexibility index (Phi) is 4.99. The molecule has 1 aromatic heterocycles. The number of ketones is 1. The molecule has 1 amide bonds. The monoisotopic (exact) mass is 388 g/mol. The average Bonchev–Trinajstić information content (AvgIpc) is 2.73. The van der Waals surface area contributed by atoms with Crippen LogP contribution in [0.2, 0.25) is 0 Å². The highest BCUT2D eigenvalue weighted by molar-refractivity contribution is 5.99. The van der Waals surface area contributed by atoms with E-state index in [4.69, 9.17) is 15.2 Å². The molecule has 0 fully saturated rings. The standard InChI is InChI=1S/C23H20N2O4/c1-14-12-16(23(24)27)2-4-18(14)22(15-6-9-25-10-7-15)29-17-3-5-19-20(26)8-11-28-21(19)13-17/h2-7,9-10,12-13,22H,8,11H2,1H3,(H2,24,27). The molecule has 1 aliphatic heterocycles. The lowest BCUT2D eigenvalue weighted by Gasteiger charge is -2.23. The third-order valence-corrected chi connectivity index (χ3v) is 4.94. The fourth-order valence-electron chi connectivity index (χ4n) is 3.42. The number of hydrogen-bond acceptors (Lipinski definition) is 5. The van der Waals surface area contributed by atoms with Crippen molar-refractivity contribution in [2.45, 2.75) is 19.4 Å². The number of rotatable bonds is 5. The molecule has 29 heavy (non-hydrogen) atoms. The van der Waals surface area contributed by atoms with Gasteiger partial charge in [0.05, 0.1) is 12.2 Å². The lowest BCUT2D eigenvalue weighted by Crippen LogP contribution is -2.16. The Labute approximate surface area is 168 Å². The average molecular weight is 388 g/mol. The van der Waals surface area contributed by atoms with Crippen LogP contribution in [-0.2, 0) is 0 Å². The van der Waals surface area contributed by atoms with Gasteiger partial charge in [0.2, 0.25) is 5.91 Å². The molecule has 0 saturated carbocycles. The molecular weight excluding hydrogens is 368 g/mol. The van der Waals surface area contributed by atoms with Crippen LogP contribution in [0.15, 0.2) is 60.9 Å². The van der Waals surface area contributed by atoms with E-state index in [0.29, 0.717) is 35.7 Å². The number of hydrogen-bond donors (Lipinski definition) is 1. The number of aromatic nitrogens is 1. The zero-order valence-electron chi connectivity index (χ0n) is 15.9. The Balaban J connectivity index is 1.73. The van der Waals surface area contributed by atoms with E-state index in [9.17, 15) is 9.59 Å². The van der Waals surface area contributed by atoms with Crippen LogP contribution in [0.4, 0.5) is 0 Å². The predicted octanol–water partition coefficient (Wildman–Crippen LogP) is 3.62. The Bertz CT molecular complexity index is 1080. The molecule has 146 valence electrons. The van der Waals surface area contributed by atoms with E-state index < -0.39 is 12.0 Å². The van der Waals surface area contributed by atoms with Crippen molar-refractivity contribution in [3.63, 3.8) is 0 Å². The number of primary amides is 1. The predicted molar refractivity (Wildman–Crippen MR) is 107 cm³/mol. The lowest BCUT2D eigenvalue weighted by molar-refractivity contribution is 0.0932. The Morgan fingerprint density at radius 3 is 2.66 bits per heavy atom. The van der Waals surface area contributed by atoms with E-state index in [2.05, 4.69) is 4.98 Å². The molecule has 0 spiro atoms. The van der Waals surface area contributed by atoms with E-state index >= 15 is 0 Å². The van der Waals surface area contributed by atoms with Crippen molar-refractivity contribution >= 4 is 11.7 Å².